The topological polar surface area (TPSA) is 66.0 Å². The highest BCUT2D eigenvalue weighted by Gasteiger charge is 2.26. The molecule has 2 N–H and O–H groups in total. The van der Waals surface area contributed by atoms with E-state index < -0.39 is 0 Å². The smallest absolute Gasteiger partial charge is 0.202 e. The van der Waals surface area contributed by atoms with Gasteiger partial charge in [0.05, 0.1) is 12.1 Å². The number of nitrogen functional groups attached to an aromatic ring is 1. The number of hydrogen-bond acceptors (Lipinski definition) is 4. The third-order valence-electron chi connectivity index (χ3n) is 3.39. The van der Waals surface area contributed by atoms with Crippen molar-refractivity contribution in [1.29, 1.82) is 0 Å². The molecule has 2 aromatic rings. The van der Waals surface area contributed by atoms with E-state index in [0.717, 1.165) is 30.6 Å². The molecule has 0 aliphatic carbocycles. The summed E-state index contributed by atoms with van der Waals surface area (Å²) in [5.74, 6) is 0.515. The van der Waals surface area contributed by atoms with Crippen LogP contribution in [0.2, 0.25) is 0 Å². The van der Waals surface area contributed by atoms with Crippen LogP contribution in [0.4, 0.5) is 5.95 Å². The number of rotatable bonds is 2. The van der Waals surface area contributed by atoms with Gasteiger partial charge >= 0.3 is 0 Å². The van der Waals surface area contributed by atoms with Gasteiger partial charge in [0, 0.05) is 12.8 Å². The number of imidazole rings is 1. The third kappa shape index (κ3) is 1.67. The lowest BCUT2D eigenvalue weighted by Gasteiger charge is -2.21. The first-order chi connectivity index (χ1) is 8.27. The molecule has 17 heavy (non-hydrogen) atoms. The van der Waals surface area contributed by atoms with Gasteiger partial charge in [0.25, 0.3) is 0 Å². The molecule has 0 saturated carbocycles. The first-order valence-corrected chi connectivity index (χ1v) is 5.97. The third-order valence-corrected chi connectivity index (χ3v) is 3.39. The van der Waals surface area contributed by atoms with E-state index in [4.69, 9.17) is 10.5 Å². The number of nitrogens with zero attached hydrogens (tertiary/aromatic N) is 3. The Kier molecular flexibility index (Phi) is 2.48. The van der Waals surface area contributed by atoms with Crippen LogP contribution in [0.3, 0.4) is 0 Å². The van der Waals surface area contributed by atoms with Gasteiger partial charge in [-0.2, -0.15) is 0 Å². The average molecular weight is 232 g/mol. The molecule has 0 radical (unpaired) electrons. The van der Waals surface area contributed by atoms with Crippen LogP contribution in [-0.2, 0) is 4.74 Å². The molecule has 5 heteroatoms. The fourth-order valence-electron chi connectivity index (χ4n) is 2.50. The SMILES string of the molecule is CC(C1CCCO1)n1c(N)nc2cccnc21. The molecule has 90 valence electrons. The lowest BCUT2D eigenvalue weighted by atomic mass is 10.1. The van der Waals surface area contributed by atoms with Gasteiger partial charge < -0.3 is 10.5 Å². The van der Waals surface area contributed by atoms with Gasteiger partial charge in [-0.25, -0.2) is 9.97 Å². The van der Waals surface area contributed by atoms with Gasteiger partial charge in [-0.05, 0) is 31.9 Å². The molecule has 1 saturated heterocycles. The van der Waals surface area contributed by atoms with Crippen LogP contribution >= 0.6 is 0 Å². The second-order valence-electron chi connectivity index (χ2n) is 4.48. The highest BCUT2D eigenvalue weighted by atomic mass is 16.5. The maximum Gasteiger partial charge on any atom is 0.202 e. The van der Waals surface area contributed by atoms with Crippen molar-refractivity contribution < 1.29 is 4.74 Å². The van der Waals surface area contributed by atoms with Crippen molar-refractivity contribution in [2.24, 2.45) is 0 Å². The Morgan fingerprint density at radius 3 is 3.24 bits per heavy atom. The van der Waals surface area contributed by atoms with E-state index in [1.54, 1.807) is 6.20 Å². The van der Waals surface area contributed by atoms with E-state index in [1.165, 1.54) is 0 Å². The average Bonchev–Trinajstić information content (AvgIpc) is 2.94. The summed E-state index contributed by atoms with van der Waals surface area (Å²) < 4.78 is 7.69. The summed E-state index contributed by atoms with van der Waals surface area (Å²) in [5, 5.41) is 0. The van der Waals surface area contributed by atoms with Crippen LogP contribution in [-0.4, -0.2) is 27.2 Å². The monoisotopic (exact) mass is 232 g/mol. The molecule has 2 unspecified atom stereocenters. The van der Waals surface area contributed by atoms with E-state index in [-0.39, 0.29) is 12.1 Å². The van der Waals surface area contributed by atoms with Gasteiger partial charge in [0.1, 0.15) is 5.52 Å². The van der Waals surface area contributed by atoms with Crippen molar-refractivity contribution in [1.82, 2.24) is 14.5 Å². The van der Waals surface area contributed by atoms with Crippen molar-refractivity contribution in [2.45, 2.75) is 31.9 Å². The Labute approximate surface area is 99.6 Å². The molecule has 2 atom stereocenters. The summed E-state index contributed by atoms with van der Waals surface area (Å²) in [5.41, 5.74) is 7.66. The fraction of sp³-hybridized carbons (Fsp3) is 0.500. The second-order valence-corrected chi connectivity index (χ2v) is 4.48. The normalized spacial score (nSPS) is 22.1. The molecule has 0 spiro atoms. The minimum Gasteiger partial charge on any atom is -0.376 e. The molecule has 1 fully saturated rings. The molecule has 3 heterocycles. The molecule has 0 bridgehead atoms. The Bertz CT molecular complexity index is 530. The van der Waals surface area contributed by atoms with Gasteiger partial charge in [-0.3, -0.25) is 4.57 Å². The number of ether oxygens (including phenoxy) is 1. The van der Waals surface area contributed by atoms with Gasteiger partial charge in [0.2, 0.25) is 5.95 Å². The molecular weight excluding hydrogens is 216 g/mol. The quantitative estimate of drug-likeness (QED) is 0.856. The van der Waals surface area contributed by atoms with Crippen molar-refractivity contribution >= 4 is 17.1 Å². The highest BCUT2D eigenvalue weighted by molar-refractivity contribution is 5.73. The van der Waals surface area contributed by atoms with Gasteiger partial charge in [-0.1, -0.05) is 0 Å². The van der Waals surface area contributed by atoms with Crippen LogP contribution < -0.4 is 5.73 Å². The van der Waals surface area contributed by atoms with E-state index in [0.29, 0.717) is 5.95 Å². The molecular formula is C12H16N4O. The number of pyridine rings is 1. The summed E-state index contributed by atoms with van der Waals surface area (Å²) in [6.07, 6.45) is 4.18. The van der Waals surface area contributed by atoms with E-state index >= 15 is 0 Å². The van der Waals surface area contributed by atoms with Crippen LogP contribution in [0, 0.1) is 0 Å². The molecule has 3 rings (SSSR count). The van der Waals surface area contributed by atoms with Crippen LogP contribution in [0.5, 0.6) is 0 Å². The molecule has 1 aliphatic heterocycles. The summed E-state index contributed by atoms with van der Waals surface area (Å²) in [6, 6.07) is 3.98. The predicted octanol–water partition coefficient (Wildman–Crippen LogP) is 1.75. The van der Waals surface area contributed by atoms with E-state index in [9.17, 15) is 0 Å². The number of aromatic nitrogens is 3. The fourth-order valence-corrected chi connectivity index (χ4v) is 2.50. The summed E-state index contributed by atoms with van der Waals surface area (Å²) in [7, 11) is 0. The van der Waals surface area contributed by atoms with Crippen molar-refractivity contribution in [3.8, 4) is 0 Å². The van der Waals surface area contributed by atoms with Crippen molar-refractivity contribution in [2.75, 3.05) is 12.3 Å². The lowest BCUT2D eigenvalue weighted by Crippen LogP contribution is -2.22. The second kappa shape index (κ2) is 4.00. The minimum atomic E-state index is 0.178. The Morgan fingerprint density at radius 2 is 2.47 bits per heavy atom. The predicted molar refractivity (Wildman–Crippen MR) is 65.6 cm³/mol. The summed E-state index contributed by atoms with van der Waals surface area (Å²) in [6.45, 7) is 2.96. The zero-order valence-corrected chi connectivity index (χ0v) is 9.84. The molecule has 1 aliphatic rings. The largest absolute Gasteiger partial charge is 0.376 e. The molecule has 5 nitrogen and oxygen atoms in total. The Morgan fingerprint density at radius 1 is 1.59 bits per heavy atom. The number of fused-ring (bicyclic) bond motifs is 1. The maximum atomic E-state index is 5.98. The first-order valence-electron chi connectivity index (χ1n) is 5.97. The number of hydrogen-bond donors (Lipinski definition) is 1. The molecule has 0 aromatic carbocycles. The zero-order valence-electron chi connectivity index (χ0n) is 9.84. The number of anilines is 1. The van der Waals surface area contributed by atoms with Crippen molar-refractivity contribution in [3.63, 3.8) is 0 Å². The minimum absolute atomic E-state index is 0.178. The van der Waals surface area contributed by atoms with Crippen LogP contribution in [0.15, 0.2) is 18.3 Å². The van der Waals surface area contributed by atoms with Crippen LogP contribution in [0.25, 0.3) is 11.2 Å². The standard InChI is InChI=1S/C12H16N4O/c1-8(10-5-3-7-17-10)16-11-9(15-12(16)13)4-2-6-14-11/h2,4,6,8,10H,3,5,7H2,1H3,(H2,13,15). The van der Waals surface area contributed by atoms with Gasteiger partial charge in [0.15, 0.2) is 5.65 Å². The van der Waals surface area contributed by atoms with Crippen molar-refractivity contribution in [3.05, 3.63) is 18.3 Å². The van der Waals surface area contributed by atoms with E-state index in [2.05, 4.69) is 16.9 Å². The number of nitrogens with two attached hydrogens (primary N) is 1. The van der Waals surface area contributed by atoms with Crippen LogP contribution in [0.1, 0.15) is 25.8 Å². The lowest BCUT2D eigenvalue weighted by molar-refractivity contribution is 0.0750. The highest BCUT2D eigenvalue weighted by Crippen LogP contribution is 2.28. The summed E-state index contributed by atoms with van der Waals surface area (Å²) in [4.78, 5) is 8.69. The first kappa shape index (κ1) is 10.5. The zero-order chi connectivity index (χ0) is 11.8. The van der Waals surface area contributed by atoms with E-state index in [1.807, 2.05) is 16.7 Å². The molecule has 2 aromatic heterocycles. The molecule has 0 amide bonds. The summed E-state index contributed by atoms with van der Waals surface area (Å²) >= 11 is 0. The maximum absolute atomic E-state index is 5.98. The Hall–Kier alpha value is -1.62. The Balaban J connectivity index is 2.06. The van der Waals surface area contributed by atoms with Gasteiger partial charge in [-0.15, -0.1) is 0 Å².